The molecule has 1 aromatic rings. The molecule has 1 amide bonds. The van der Waals surface area contributed by atoms with Gasteiger partial charge in [-0.3, -0.25) is 4.79 Å². The van der Waals surface area contributed by atoms with Crippen molar-refractivity contribution in [3.8, 4) is 11.5 Å². The monoisotopic (exact) mass is 238 g/mol. The molecule has 94 valence electrons. The van der Waals surface area contributed by atoms with E-state index in [0.29, 0.717) is 30.2 Å². The number of hydrogen-bond donors (Lipinski definition) is 2. The highest BCUT2D eigenvalue weighted by Gasteiger charge is 2.08. The average molecular weight is 238 g/mol. The van der Waals surface area contributed by atoms with Crippen molar-refractivity contribution in [1.29, 1.82) is 0 Å². The smallest absolute Gasteiger partial charge is 0.225 e. The summed E-state index contributed by atoms with van der Waals surface area (Å²) in [6, 6.07) is 5.27. The summed E-state index contributed by atoms with van der Waals surface area (Å²) in [5.74, 6) is 1.23. The van der Waals surface area contributed by atoms with Crippen molar-refractivity contribution >= 4 is 11.6 Å². The third-order valence-electron chi connectivity index (χ3n) is 2.28. The Balaban J connectivity index is 2.76. The van der Waals surface area contributed by atoms with E-state index in [4.69, 9.17) is 9.47 Å². The van der Waals surface area contributed by atoms with Crippen molar-refractivity contribution in [1.82, 2.24) is 5.32 Å². The van der Waals surface area contributed by atoms with Crippen LogP contribution in [0.5, 0.6) is 11.5 Å². The zero-order valence-electron chi connectivity index (χ0n) is 10.4. The summed E-state index contributed by atoms with van der Waals surface area (Å²) in [5.41, 5.74) is 0.618. The molecule has 0 aromatic heterocycles. The van der Waals surface area contributed by atoms with Crippen LogP contribution in [0.4, 0.5) is 5.69 Å². The van der Waals surface area contributed by atoms with Gasteiger partial charge in [-0.15, -0.1) is 0 Å². The van der Waals surface area contributed by atoms with E-state index in [9.17, 15) is 4.79 Å². The lowest BCUT2D eigenvalue weighted by Gasteiger charge is -2.11. The molecule has 1 rings (SSSR count). The molecule has 0 heterocycles. The first kappa shape index (κ1) is 13.3. The lowest BCUT2D eigenvalue weighted by atomic mass is 10.2. The van der Waals surface area contributed by atoms with Gasteiger partial charge < -0.3 is 20.1 Å². The molecule has 0 aliphatic carbocycles. The predicted molar refractivity (Wildman–Crippen MR) is 66.7 cm³/mol. The van der Waals surface area contributed by atoms with Crippen LogP contribution >= 0.6 is 0 Å². The molecule has 0 radical (unpaired) electrons. The van der Waals surface area contributed by atoms with Crippen molar-refractivity contribution < 1.29 is 14.3 Å². The Kier molecular flexibility index (Phi) is 5.29. The highest BCUT2D eigenvalue weighted by Crippen LogP contribution is 2.28. The fraction of sp³-hybridized carbons (Fsp3) is 0.417. The van der Waals surface area contributed by atoms with Crippen molar-refractivity contribution in [3.63, 3.8) is 0 Å². The van der Waals surface area contributed by atoms with Crippen LogP contribution in [-0.2, 0) is 4.79 Å². The van der Waals surface area contributed by atoms with E-state index in [0.717, 1.165) is 0 Å². The van der Waals surface area contributed by atoms with Crippen molar-refractivity contribution in [2.75, 3.05) is 33.1 Å². The summed E-state index contributed by atoms with van der Waals surface area (Å²) in [6.45, 7) is 0.637. The van der Waals surface area contributed by atoms with E-state index < -0.39 is 0 Å². The summed E-state index contributed by atoms with van der Waals surface area (Å²) in [6.07, 6.45) is 0.414. The molecule has 5 nitrogen and oxygen atoms in total. The molecule has 0 unspecified atom stereocenters. The van der Waals surface area contributed by atoms with Crippen molar-refractivity contribution in [3.05, 3.63) is 18.2 Å². The van der Waals surface area contributed by atoms with Gasteiger partial charge >= 0.3 is 0 Å². The molecule has 1 aromatic carbocycles. The van der Waals surface area contributed by atoms with Gasteiger partial charge in [0.2, 0.25) is 5.91 Å². The minimum absolute atomic E-state index is 0.0640. The average Bonchev–Trinajstić information content (AvgIpc) is 2.36. The molecule has 0 saturated carbocycles. The van der Waals surface area contributed by atoms with E-state index in [-0.39, 0.29) is 5.91 Å². The van der Waals surface area contributed by atoms with E-state index in [1.54, 1.807) is 39.5 Å². The van der Waals surface area contributed by atoms with E-state index in [1.807, 2.05) is 0 Å². The molecular formula is C12H18N2O3. The van der Waals surface area contributed by atoms with Crippen LogP contribution < -0.4 is 20.1 Å². The molecule has 0 aliphatic heterocycles. The van der Waals surface area contributed by atoms with Gasteiger partial charge in [0.1, 0.15) is 11.5 Å². The third-order valence-corrected chi connectivity index (χ3v) is 2.28. The number of amides is 1. The molecule has 0 fully saturated rings. The Morgan fingerprint density at radius 3 is 2.65 bits per heavy atom. The third kappa shape index (κ3) is 3.96. The molecule has 2 N–H and O–H groups in total. The normalized spacial score (nSPS) is 9.82. The van der Waals surface area contributed by atoms with E-state index >= 15 is 0 Å². The summed E-state index contributed by atoms with van der Waals surface area (Å²) in [7, 11) is 4.94. The lowest BCUT2D eigenvalue weighted by molar-refractivity contribution is -0.116. The number of nitrogens with one attached hydrogen (secondary N) is 2. The van der Waals surface area contributed by atoms with Gasteiger partial charge in [0.05, 0.1) is 19.9 Å². The van der Waals surface area contributed by atoms with Crippen LogP contribution in [0, 0.1) is 0 Å². The Morgan fingerprint density at radius 1 is 1.29 bits per heavy atom. The van der Waals surface area contributed by atoms with Gasteiger partial charge in [0, 0.05) is 19.0 Å². The van der Waals surface area contributed by atoms with Gasteiger partial charge in [-0.05, 0) is 19.2 Å². The fourth-order valence-corrected chi connectivity index (χ4v) is 1.36. The molecule has 0 atom stereocenters. The molecule has 0 bridgehead atoms. The van der Waals surface area contributed by atoms with Gasteiger partial charge in [-0.2, -0.15) is 0 Å². The van der Waals surface area contributed by atoms with Crippen molar-refractivity contribution in [2.24, 2.45) is 0 Å². The molecular weight excluding hydrogens is 220 g/mol. The highest BCUT2D eigenvalue weighted by atomic mass is 16.5. The number of ether oxygens (including phenoxy) is 2. The Labute approximate surface area is 101 Å². The van der Waals surface area contributed by atoms with Gasteiger partial charge in [0.25, 0.3) is 0 Å². The lowest BCUT2D eigenvalue weighted by Crippen LogP contribution is -2.19. The first-order valence-electron chi connectivity index (χ1n) is 5.37. The fourth-order valence-electron chi connectivity index (χ4n) is 1.36. The zero-order chi connectivity index (χ0) is 12.7. The second-order valence-corrected chi connectivity index (χ2v) is 3.47. The number of carbonyl (C=O) groups is 1. The quantitative estimate of drug-likeness (QED) is 0.783. The van der Waals surface area contributed by atoms with Crippen LogP contribution in [0.1, 0.15) is 6.42 Å². The molecule has 5 heteroatoms. The van der Waals surface area contributed by atoms with E-state index in [2.05, 4.69) is 10.6 Å². The minimum Gasteiger partial charge on any atom is -0.497 e. The number of carbonyl (C=O) groups excluding carboxylic acids is 1. The number of hydrogen-bond acceptors (Lipinski definition) is 4. The minimum atomic E-state index is -0.0640. The molecule has 0 spiro atoms. The summed E-state index contributed by atoms with van der Waals surface area (Å²) in [5, 5.41) is 5.71. The van der Waals surface area contributed by atoms with Gasteiger partial charge in [0.15, 0.2) is 0 Å². The first-order chi connectivity index (χ1) is 8.21. The topological polar surface area (TPSA) is 59.6 Å². The number of benzene rings is 1. The maximum absolute atomic E-state index is 11.6. The maximum Gasteiger partial charge on any atom is 0.225 e. The molecule has 0 aliphatic rings. The second-order valence-electron chi connectivity index (χ2n) is 3.47. The first-order valence-corrected chi connectivity index (χ1v) is 5.37. The number of methoxy groups -OCH3 is 2. The largest absolute Gasteiger partial charge is 0.497 e. The number of rotatable bonds is 6. The standard InChI is InChI=1S/C12H18N2O3/c1-13-7-6-12(15)14-10-8-9(16-2)4-5-11(10)17-3/h4-5,8,13H,6-7H2,1-3H3,(H,14,15). The van der Waals surface area contributed by atoms with E-state index in [1.165, 1.54) is 0 Å². The molecule has 17 heavy (non-hydrogen) atoms. The Bertz CT molecular complexity index is 380. The number of anilines is 1. The summed E-state index contributed by atoms with van der Waals surface area (Å²) < 4.78 is 10.3. The van der Waals surface area contributed by atoms with Crippen molar-refractivity contribution in [2.45, 2.75) is 6.42 Å². The van der Waals surface area contributed by atoms with Crippen LogP contribution in [0.2, 0.25) is 0 Å². The maximum atomic E-state index is 11.6. The zero-order valence-corrected chi connectivity index (χ0v) is 10.4. The highest BCUT2D eigenvalue weighted by molar-refractivity contribution is 5.92. The van der Waals surface area contributed by atoms with Gasteiger partial charge in [-0.25, -0.2) is 0 Å². The van der Waals surface area contributed by atoms with Crippen LogP contribution in [-0.4, -0.2) is 33.7 Å². The second kappa shape index (κ2) is 6.75. The SMILES string of the molecule is CNCCC(=O)Nc1cc(OC)ccc1OC. The Hall–Kier alpha value is -1.75. The Morgan fingerprint density at radius 2 is 2.06 bits per heavy atom. The van der Waals surface area contributed by atoms with Crippen LogP contribution in [0.25, 0.3) is 0 Å². The van der Waals surface area contributed by atoms with Gasteiger partial charge in [-0.1, -0.05) is 0 Å². The molecule has 0 saturated heterocycles. The summed E-state index contributed by atoms with van der Waals surface area (Å²) in [4.78, 5) is 11.6. The van der Waals surface area contributed by atoms with Crippen LogP contribution in [0.3, 0.4) is 0 Å². The predicted octanol–water partition coefficient (Wildman–Crippen LogP) is 1.25. The summed E-state index contributed by atoms with van der Waals surface area (Å²) >= 11 is 0. The van der Waals surface area contributed by atoms with Crippen LogP contribution in [0.15, 0.2) is 18.2 Å².